The van der Waals surface area contributed by atoms with Crippen molar-refractivity contribution in [1.29, 1.82) is 0 Å². The fraction of sp³-hybridized carbons (Fsp3) is 0.300. The van der Waals surface area contributed by atoms with Gasteiger partial charge in [0.15, 0.2) is 9.84 Å². The second-order valence-electron chi connectivity index (χ2n) is 3.54. The summed E-state index contributed by atoms with van der Waals surface area (Å²) >= 11 is 0. The molecule has 0 saturated heterocycles. The van der Waals surface area contributed by atoms with E-state index in [-0.39, 0.29) is 12.0 Å². The third-order valence-corrected chi connectivity index (χ3v) is 3.13. The molecular weight excluding hydrogens is 273 g/mol. The second kappa shape index (κ2) is 4.97. The van der Waals surface area contributed by atoms with Gasteiger partial charge in [0.2, 0.25) is 0 Å². The Labute approximate surface area is 101 Å². The number of rotatable bonds is 4. The normalized spacial score (nSPS) is 12.2. The summed E-state index contributed by atoms with van der Waals surface area (Å²) in [7, 11) is -3.78. The summed E-state index contributed by atoms with van der Waals surface area (Å²) in [5, 5.41) is 0. The maximum atomic E-state index is 12.6. The number of ether oxygens (including phenoxy) is 1. The third-order valence-electron chi connectivity index (χ3n) is 2.04. The van der Waals surface area contributed by atoms with Crippen LogP contribution in [0.4, 0.5) is 13.2 Å². The summed E-state index contributed by atoms with van der Waals surface area (Å²) < 4.78 is 64.5. The predicted molar refractivity (Wildman–Crippen MR) is 55.4 cm³/mol. The molecule has 0 aliphatic rings. The van der Waals surface area contributed by atoms with Gasteiger partial charge in [0.25, 0.3) is 6.47 Å². The van der Waals surface area contributed by atoms with Crippen LogP contribution in [0.3, 0.4) is 0 Å². The van der Waals surface area contributed by atoms with Crippen LogP contribution in [0, 0.1) is 0 Å². The van der Waals surface area contributed by atoms with Gasteiger partial charge in [0.05, 0.1) is 10.5 Å². The van der Waals surface area contributed by atoms with E-state index in [9.17, 15) is 26.4 Å². The summed E-state index contributed by atoms with van der Waals surface area (Å²) in [4.78, 5) is 9.51. The topological polar surface area (TPSA) is 60.4 Å². The van der Waals surface area contributed by atoms with Crippen LogP contribution < -0.4 is 0 Å². The summed E-state index contributed by atoms with van der Waals surface area (Å²) in [5.74, 6) is 0. The first-order valence-corrected chi connectivity index (χ1v) is 6.50. The van der Waals surface area contributed by atoms with Crippen LogP contribution in [-0.2, 0) is 32.2 Å². The third kappa shape index (κ3) is 3.73. The van der Waals surface area contributed by atoms with Crippen LogP contribution in [0.15, 0.2) is 23.1 Å². The van der Waals surface area contributed by atoms with Crippen LogP contribution in [0.1, 0.15) is 11.1 Å². The van der Waals surface area contributed by atoms with Gasteiger partial charge in [0, 0.05) is 6.26 Å². The first-order valence-electron chi connectivity index (χ1n) is 4.61. The molecule has 0 aliphatic carbocycles. The standard InChI is InChI=1S/C10H9F3O4S/c1-18(15,16)9-3-7(5-17-6-14)2-8(4-9)10(11,12)13/h2-4,6H,5H2,1H3. The lowest BCUT2D eigenvalue weighted by atomic mass is 10.1. The van der Waals surface area contributed by atoms with E-state index in [1.54, 1.807) is 0 Å². The molecule has 8 heteroatoms. The molecule has 1 aromatic rings. The van der Waals surface area contributed by atoms with E-state index >= 15 is 0 Å². The quantitative estimate of drug-likeness (QED) is 0.790. The van der Waals surface area contributed by atoms with E-state index in [0.717, 1.165) is 18.4 Å². The van der Waals surface area contributed by atoms with Crippen LogP contribution in [0.25, 0.3) is 0 Å². The number of hydrogen-bond acceptors (Lipinski definition) is 4. The van der Waals surface area contributed by atoms with Crippen molar-refractivity contribution in [2.75, 3.05) is 6.26 Å². The van der Waals surface area contributed by atoms with Gasteiger partial charge in [-0.25, -0.2) is 8.42 Å². The highest BCUT2D eigenvalue weighted by atomic mass is 32.2. The highest BCUT2D eigenvalue weighted by Crippen LogP contribution is 2.31. The Morgan fingerprint density at radius 3 is 2.33 bits per heavy atom. The largest absolute Gasteiger partial charge is 0.463 e. The van der Waals surface area contributed by atoms with Gasteiger partial charge in [-0.1, -0.05) is 0 Å². The summed E-state index contributed by atoms with van der Waals surface area (Å²) in [6.07, 6.45) is -3.87. The van der Waals surface area contributed by atoms with Crippen LogP contribution in [0.2, 0.25) is 0 Å². The van der Waals surface area contributed by atoms with Crippen molar-refractivity contribution in [3.63, 3.8) is 0 Å². The molecule has 0 bridgehead atoms. The average molecular weight is 282 g/mol. The lowest BCUT2D eigenvalue weighted by molar-refractivity contribution is -0.137. The van der Waals surface area contributed by atoms with Crippen molar-refractivity contribution >= 4 is 16.3 Å². The molecule has 0 heterocycles. The predicted octanol–water partition coefficient (Wildman–Crippen LogP) is 1.78. The minimum atomic E-state index is -4.67. The molecule has 0 N–H and O–H groups in total. The minimum Gasteiger partial charge on any atom is -0.463 e. The van der Waals surface area contributed by atoms with E-state index < -0.39 is 33.1 Å². The molecule has 1 rings (SSSR count). The molecular formula is C10H9F3O4S. The fourth-order valence-corrected chi connectivity index (χ4v) is 1.96. The van der Waals surface area contributed by atoms with Crippen LogP contribution >= 0.6 is 0 Å². The molecule has 0 amide bonds. The Bertz CT molecular complexity index is 549. The highest BCUT2D eigenvalue weighted by molar-refractivity contribution is 7.90. The summed E-state index contributed by atoms with van der Waals surface area (Å²) in [5.41, 5.74) is -1.15. The highest BCUT2D eigenvalue weighted by Gasteiger charge is 2.32. The fourth-order valence-electron chi connectivity index (χ4n) is 1.25. The molecule has 1 aromatic carbocycles. The number of hydrogen-bond donors (Lipinski definition) is 0. The summed E-state index contributed by atoms with van der Waals surface area (Å²) in [6.45, 7) is -0.351. The number of alkyl halides is 3. The van der Waals surface area contributed by atoms with Gasteiger partial charge in [0.1, 0.15) is 6.61 Å². The zero-order valence-electron chi connectivity index (χ0n) is 9.19. The van der Waals surface area contributed by atoms with Gasteiger partial charge in [-0.05, 0) is 23.8 Å². The van der Waals surface area contributed by atoms with E-state index in [4.69, 9.17) is 0 Å². The van der Waals surface area contributed by atoms with E-state index in [1.807, 2.05) is 0 Å². The SMILES string of the molecule is CS(=O)(=O)c1cc(COC=O)cc(C(F)(F)F)c1. The molecule has 0 fully saturated rings. The molecule has 0 aromatic heterocycles. The molecule has 18 heavy (non-hydrogen) atoms. The molecule has 100 valence electrons. The van der Waals surface area contributed by atoms with E-state index in [0.29, 0.717) is 6.07 Å². The number of carbonyl (C=O) groups is 1. The molecule has 0 atom stereocenters. The molecule has 4 nitrogen and oxygen atoms in total. The summed E-state index contributed by atoms with van der Waals surface area (Å²) in [6, 6.07) is 2.31. The van der Waals surface area contributed by atoms with Gasteiger partial charge < -0.3 is 4.74 Å². The molecule has 0 saturated carbocycles. The first kappa shape index (κ1) is 14.5. The molecule has 0 aliphatic heterocycles. The molecule has 0 radical (unpaired) electrons. The lowest BCUT2D eigenvalue weighted by Crippen LogP contribution is -2.09. The van der Waals surface area contributed by atoms with E-state index in [1.165, 1.54) is 0 Å². The Hall–Kier alpha value is -1.57. The zero-order chi connectivity index (χ0) is 14.0. The van der Waals surface area contributed by atoms with Gasteiger partial charge >= 0.3 is 6.18 Å². The van der Waals surface area contributed by atoms with Crippen LogP contribution in [0.5, 0.6) is 0 Å². The van der Waals surface area contributed by atoms with Crippen molar-refractivity contribution < 1.29 is 31.1 Å². The van der Waals surface area contributed by atoms with E-state index in [2.05, 4.69) is 4.74 Å². The average Bonchev–Trinajstić information content (AvgIpc) is 2.23. The first-order chi connectivity index (χ1) is 8.14. The maximum Gasteiger partial charge on any atom is 0.416 e. The number of benzene rings is 1. The Balaban J connectivity index is 3.34. The lowest BCUT2D eigenvalue weighted by Gasteiger charge is -2.11. The number of sulfone groups is 1. The Kier molecular flexibility index (Phi) is 4.00. The van der Waals surface area contributed by atoms with Gasteiger partial charge in [-0.3, -0.25) is 4.79 Å². The smallest absolute Gasteiger partial charge is 0.416 e. The van der Waals surface area contributed by atoms with Gasteiger partial charge in [-0.15, -0.1) is 0 Å². The van der Waals surface area contributed by atoms with Crippen molar-refractivity contribution in [3.05, 3.63) is 29.3 Å². The van der Waals surface area contributed by atoms with Crippen molar-refractivity contribution in [3.8, 4) is 0 Å². The molecule has 0 spiro atoms. The minimum absolute atomic E-state index is 0.0441. The Morgan fingerprint density at radius 2 is 1.89 bits per heavy atom. The number of carbonyl (C=O) groups excluding carboxylic acids is 1. The van der Waals surface area contributed by atoms with Gasteiger partial charge in [-0.2, -0.15) is 13.2 Å². The van der Waals surface area contributed by atoms with Crippen molar-refractivity contribution in [1.82, 2.24) is 0 Å². The number of halogens is 3. The molecule has 0 unspecified atom stereocenters. The monoisotopic (exact) mass is 282 g/mol. The van der Waals surface area contributed by atoms with Crippen LogP contribution in [-0.4, -0.2) is 21.1 Å². The zero-order valence-corrected chi connectivity index (χ0v) is 10.0. The van der Waals surface area contributed by atoms with Crippen molar-refractivity contribution in [2.24, 2.45) is 0 Å². The van der Waals surface area contributed by atoms with Crippen molar-refractivity contribution in [2.45, 2.75) is 17.7 Å². The Morgan fingerprint density at radius 1 is 1.28 bits per heavy atom. The maximum absolute atomic E-state index is 12.6. The second-order valence-corrected chi connectivity index (χ2v) is 5.56.